The van der Waals surface area contributed by atoms with Crippen LogP contribution in [-0.2, 0) is 24.0 Å². The summed E-state index contributed by atoms with van der Waals surface area (Å²) in [5, 5.41) is 44.4. The van der Waals surface area contributed by atoms with Crippen LogP contribution in [0.4, 0.5) is 0 Å². The second-order valence-corrected chi connectivity index (χ2v) is 4.62. The summed E-state index contributed by atoms with van der Waals surface area (Å²) in [6, 6.07) is -0.874. The zero-order valence-corrected chi connectivity index (χ0v) is 12.8. The van der Waals surface area contributed by atoms with Crippen LogP contribution in [0.3, 0.4) is 0 Å². The van der Waals surface area contributed by atoms with Gasteiger partial charge in [-0.05, 0) is 0 Å². The summed E-state index contributed by atoms with van der Waals surface area (Å²) in [5.74, 6) is -6.34. The lowest BCUT2D eigenvalue weighted by atomic mass is 9.96. The van der Waals surface area contributed by atoms with E-state index in [0.29, 0.717) is 0 Å². The molecule has 0 aromatic carbocycles. The second kappa shape index (κ2) is 10.4. The molecule has 0 aliphatic heterocycles. The maximum Gasteiger partial charge on any atom is 0.336 e. The van der Waals surface area contributed by atoms with Crippen molar-refractivity contribution in [1.82, 2.24) is 5.32 Å². The zero-order chi connectivity index (χ0) is 18.8. The van der Waals surface area contributed by atoms with Gasteiger partial charge in [-0.15, -0.1) is 0 Å². The molecule has 0 aliphatic rings. The molecule has 11 nitrogen and oxygen atoms in total. The Hall–Kier alpha value is -2.34. The first kappa shape index (κ1) is 22.9. The lowest BCUT2D eigenvalue weighted by Crippen LogP contribution is -2.42. The van der Waals surface area contributed by atoms with Crippen LogP contribution in [0.25, 0.3) is 0 Å². The average molecular weight is 355 g/mol. The zero-order valence-electron chi connectivity index (χ0n) is 11.9. The standard InChI is InChI=1S/C6H8O7.C5H9NO3S/c7-3(8)1-6(13,5(11)12)2-4(9)10;1-3(7)6-4(2-10)5(8)9/h13H,1-2H2,(H,7,8)(H,9,10)(H,11,12);4,10H,2H2,1H3,(H,6,7)(H,8,9)/t;4-/m.0/s1. The number of carboxylic acid groups (broad SMARTS) is 4. The van der Waals surface area contributed by atoms with Crippen LogP contribution in [0.5, 0.6) is 0 Å². The molecule has 0 unspecified atom stereocenters. The van der Waals surface area contributed by atoms with Crippen LogP contribution in [-0.4, -0.2) is 72.7 Å². The predicted octanol–water partition coefficient (Wildman–Crippen LogP) is -1.74. The Bertz CT molecular complexity index is 461. The molecule has 0 fully saturated rings. The van der Waals surface area contributed by atoms with E-state index in [9.17, 15) is 24.0 Å². The number of thiol groups is 1. The monoisotopic (exact) mass is 355 g/mol. The lowest BCUT2D eigenvalue weighted by Gasteiger charge is -2.18. The number of rotatable bonds is 8. The quantitative estimate of drug-likeness (QED) is 0.245. The van der Waals surface area contributed by atoms with E-state index in [2.05, 4.69) is 17.9 Å². The third-order valence-electron chi connectivity index (χ3n) is 2.14. The Morgan fingerprint density at radius 2 is 1.39 bits per heavy atom. The van der Waals surface area contributed by atoms with Gasteiger partial charge in [-0.1, -0.05) is 0 Å². The normalized spacial score (nSPS) is 11.4. The summed E-state index contributed by atoms with van der Waals surface area (Å²) in [7, 11) is 0. The minimum Gasteiger partial charge on any atom is -0.481 e. The Kier molecular flexibility index (Phi) is 10.4. The highest BCUT2D eigenvalue weighted by Gasteiger charge is 2.40. The number of carbonyl (C=O) groups excluding carboxylic acids is 1. The number of aliphatic hydroxyl groups is 1. The molecule has 0 aliphatic carbocycles. The van der Waals surface area contributed by atoms with Gasteiger partial charge in [0.05, 0.1) is 12.8 Å². The maximum atomic E-state index is 10.3. The molecule has 0 aromatic heterocycles. The van der Waals surface area contributed by atoms with E-state index < -0.39 is 48.4 Å². The highest BCUT2D eigenvalue weighted by Crippen LogP contribution is 2.15. The van der Waals surface area contributed by atoms with Crippen molar-refractivity contribution in [2.24, 2.45) is 0 Å². The van der Waals surface area contributed by atoms with Gasteiger partial charge < -0.3 is 30.8 Å². The number of hydrogen-bond donors (Lipinski definition) is 7. The molecule has 23 heavy (non-hydrogen) atoms. The van der Waals surface area contributed by atoms with E-state index in [-0.39, 0.29) is 11.7 Å². The molecule has 0 aromatic rings. The van der Waals surface area contributed by atoms with Crippen molar-refractivity contribution in [2.45, 2.75) is 31.4 Å². The first-order chi connectivity index (χ1) is 10.4. The summed E-state index contributed by atoms with van der Waals surface area (Å²) in [6.45, 7) is 1.26. The van der Waals surface area contributed by atoms with Gasteiger partial charge in [0.2, 0.25) is 5.91 Å². The van der Waals surface area contributed by atoms with Crippen molar-refractivity contribution in [1.29, 1.82) is 0 Å². The van der Waals surface area contributed by atoms with Crippen molar-refractivity contribution in [3.05, 3.63) is 0 Å². The summed E-state index contributed by atoms with van der Waals surface area (Å²) < 4.78 is 0. The van der Waals surface area contributed by atoms with Gasteiger partial charge in [0.25, 0.3) is 0 Å². The van der Waals surface area contributed by atoms with Crippen molar-refractivity contribution in [2.75, 3.05) is 5.75 Å². The van der Waals surface area contributed by atoms with E-state index in [4.69, 9.17) is 25.5 Å². The third-order valence-corrected chi connectivity index (χ3v) is 2.51. The largest absolute Gasteiger partial charge is 0.481 e. The third kappa shape index (κ3) is 11.0. The summed E-state index contributed by atoms with van der Waals surface area (Å²) >= 11 is 3.73. The number of aliphatic carboxylic acids is 4. The molecule has 6 N–H and O–H groups in total. The molecule has 0 saturated heterocycles. The second-order valence-electron chi connectivity index (χ2n) is 4.25. The number of carboxylic acids is 4. The first-order valence-corrected chi connectivity index (χ1v) is 6.49. The molecule has 132 valence electrons. The molecule has 1 amide bonds. The van der Waals surface area contributed by atoms with Gasteiger partial charge in [-0.3, -0.25) is 14.4 Å². The molecule has 0 heterocycles. The van der Waals surface area contributed by atoms with Gasteiger partial charge >= 0.3 is 23.9 Å². The van der Waals surface area contributed by atoms with Crippen LogP contribution in [0, 0.1) is 0 Å². The highest BCUT2D eigenvalue weighted by atomic mass is 32.1. The van der Waals surface area contributed by atoms with Gasteiger partial charge in [-0.2, -0.15) is 12.6 Å². The topological polar surface area (TPSA) is 199 Å². The predicted molar refractivity (Wildman–Crippen MR) is 76.2 cm³/mol. The first-order valence-electron chi connectivity index (χ1n) is 5.85. The fourth-order valence-corrected chi connectivity index (χ4v) is 1.39. The van der Waals surface area contributed by atoms with Crippen LogP contribution in [0.15, 0.2) is 0 Å². The van der Waals surface area contributed by atoms with E-state index in [1.165, 1.54) is 6.92 Å². The minimum absolute atomic E-state index is 0.106. The molecule has 0 bridgehead atoms. The Morgan fingerprint density at radius 3 is 1.52 bits per heavy atom. The Balaban J connectivity index is 0. The van der Waals surface area contributed by atoms with Crippen molar-refractivity contribution >= 4 is 42.4 Å². The van der Waals surface area contributed by atoms with Gasteiger partial charge in [0.1, 0.15) is 6.04 Å². The lowest BCUT2D eigenvalue weighted by molar-refractivity contribution is -0.170. The summed E-state index contributed by atoms with van der Waals surface area (Å²) in [6.07, 6.45) is -2.29. The van der Waals surface area contributed by atoms with Crippen molar-refractivity contribution in [3.8, 4) is 0 Å². The molecule has 0 radical (unpaired) electrons. The molecule has 1 atom stereocenters. The van der Waals surface area contributed by atoms with Gasteiger partial charge in [0.15, 0.2) is 5.60 Å². The molecular weight excluding hydrogens is 338 g/mol. The van der Waals surface area contributed by atoms with E-state index in [1.807, 2.05) is 0 Å². The van der Waals surface area contributed by atoms with Crippen LogP contribution < -0.4 is 5.32 Å². The summed E-state index contributed by atoms with van der Waals surface area (Å²) in [5.41, 5.74) is -2.74. The SMILES string of the molecule is CC(=O)N[C@@H](CS)C(=O)O.O=C(O)CC(O)(CC(=O)O)C(=O)O. The number of amides is 1. The smallest absolute Gasteiger partial charge is 0.336 e. The van der Waals surface area contributed by atoms with E-state index in [1.54, 1.807) is 0 Å². The Labute approximate surface area is 135 Å². The number of carbonyl (C=O) groups is 5. The highest BCUT2D eigenvalue weighted by molar-refractivity contribution is 7.80. The molecular formula is C11H17NO10S. The summed E-state index contributed by atoms with van der Waals surface area (Å²) in [4.78, 5) is 51.0. The van der Waals surface area contributed by atoms with Crippen molar-refractivity contribution in [3.63, 3.8) is 0 Å². The van der Waals surface area contributed by atoms with E-state index in [0.717, 1.165) is 0 Å². The number of hydrogen-bond acceptors (Lipinski definition) is 7. The van der Waals surface area contributed by atoms with Crippen LogP contribution in [0.2, 0.25) is 0 Å². The fourth-order valence-electron chi connectivity index (χ4n) is 1.14. The molecule has 0 saturated carbocycles. The van der Waals surface area contributed by atoms with Crippen molar-refractivity contribution < 1.29 is 49.5 Å². The maximum absolute atomic E-state index is 10.3. The molecule has 0 spiro atoms. The van der Waals surface area contributed by atoms with E-state index >= 15 is 0 Å². The Morgan fingerprint density at radius 1 is 1.00 bits per heavy atom. The average Bonchev–Trinajstić information content (AvgIpc) is 2.33. The van der Waals surface area contributed by atoms with Crippen LogP contribution in [0.1, 0.15) is 19.8 Å². The van der Waals surface area contributed by atoms with Gasteiger partial charge in [-0.25, -0.2) is 9.59 Å². The number of nitrogens with one attached hydrogen (secondary N) is 1. The minimum atomic E-state index is -2.74. The molecule has 12 heteroatoms. The molecule has 0 rings (SSSR count). The fraction of sp³-hybridized carbons (Fsp3) is 0.545. The van der Waals surface area contributed by atoms with Crippen LogP contribution >= 0.6 is 12.6 Å². The van der Waals surface area contributed by atoms with Gasteiger partial charge in [0, 0.05) is 12.7 Å².